The predicted molar refractivity (Wildman–Crippen MR) is 103 cm³/mol. The van der Waals surface area contributed by atoms with Gasteiger partial charge in [0.2, 0.25) is 11.8 Å². The van der Waals surface area contributed by atoms with Gasteiger partial charge in [-0.3, -0.25) is 14.4 Å². The van der Waals surface area contributed by atoms with Crippen molar-refractivity contribution in [3.8, 4) is 0 Å². The first-order valence-corrected chi connectivity index (χ1v) is 9.08. The Hall–Kier alpha value is -3.15. The van der Waals surface area contributed by atoms with Gasteiger partial charge in [0.05, 0.1) is 5.92 Å². The molecule has 0 aliphatic carbocycles. The van der Waals surface area contributed by atoms with Gasteiger partial charge in [0.1, 0.15) is 0 Å². The van der Waals surface area contributed by atoms with Gasteiger partial charge < -0.3 is 15.5 Å². The standard InChI is InChI=1S/C21H23N3O3/c1-2-22-20(26)16-8-6-7-15(11-16)13-23-21(27)17-12-19(25)24(14-17)18-9-4-3-5-10-18/h3-11,17H,2,12-14H2,1H3,(H,22,26)(H,23,27). The highest BCUT2D eigenvalue weighted by atomic mass is 16.2. The molecule has 0 bridgehead atoms. The van der Waals surface area contributed by atoms with E-state index in [9.17, 15) is 14.4 Å². The van der Waals surface area contributed by atoms with Crippen molar-refractivity contribution in [2.24, 2.45) is 5.92 Å². The topological polar surface area (TPSA) is 78.5 Å². The van der Waals surface area contributed by atoms with Gasteiger partial charge in [-0.15, -0.1) is 0 Å². The van der Waals surface area contributed by atoms with Crippen LogP contribution in [-0.4, -0.2) is 30.8 Å². The zero-order valence-electron chi connectivity index (χ0n) is 15.3. The largest absolute Gasteiger partial charge is 0.352 e. The van der Waals surface area contributed by atoms with Crippen molar-refractivity contribution in [3.63, 3.8) is 0 Å². The summed E-state index contributed by atoms with van der Waals surface area (Å²) >= 11 is 0. The van der Waals surface area contributed by atoms with E-state index in [1.807, 2.05) is 43.3 Å². The molecule has 2 aromatic rings. The number of benzene rings is 2. The molecule has 2 N–H and O–H groups in total. The summed E-state index contributed by atoms with van der Waals surface area (Å²) in [7, 11) is 0. The number of amides is 3. The summed E-state index contributed by atoms with van der Waals surface area (Å²) in [5.41, 5.74) is 2.22. The first-order chi connectivity index (χ1) is 13.1. The summed E-state index contributed by atoms with van der Waals surface area (Å²) in [6, 6.07) is 16.5. The Morgan fingerprint density at radius 2 is 1.85 bits per heavy atom. The number of para-hydroxylation sites is 1. The summed E-state index contributed by atoms with van der Waals surface area (Å²) in [6.07, 6.45) is 0.208. The molecule has 140 valence electrons. The second-order valence-electron chi connectivity index (χ2n) is 6.52. The van der Waals surface area contributed by atoms with Crippen LogP contribution in [0.4, 0.5) is 5.69 Å². The molecule has 0 saturated carbocycles. The molecule has 2 aromatic carbocycles. The maximum Gasteiger partial charge on any atom is 0.251 e. The van der Waals surface area contributed by atoms with Crippen LogP contribution in [0, 0.1) is 5.92 Å². The highest BCUT2D eigenvalue weighted by Gasteiger charge is 2.34. The van der Waals surface area contributed by atoms with E-state index in [1.165, 1.54) is 0 Å². The van der Waals surface area contributed by atoms with Crippen molar-refractivity contribution in [1.29, 1.82) is 0 Å². The lowest BCUT2D eigenvalue weighted by Crippen LogP contribution is -2.32. The molecule has 1 unspecified atom stereocenters. The molecule has 0 spiro atoms. The summed E-state index contributed by atoms with van der Waals surface area (Å²) in [6.45, 7) is 3.13. The molecule has 6 heteroatoms. The van der Waals surface area contributed by atoms with Gasteiger partial charge in [0.15, 0.2) is 0 Å². The molecule has 1 heterocycles. The Kier molecular flexibility index (Phi) is 5.86. The fourth-order valence-corrected chi connectivity index (χ4v) is 3.16. The zero-order valence-corrected chi connectivity index (χ0v) is 15.3. The average molecular weight is 365 g/mol. The smallest absolute Gasteiger partial charge is 0.251 e. The minimum absolute atomic E-state index is 0.0421. The minimum Gasteiger partial charge on any atom is -0.352 e. The third kappa shape index (κ3) is 4.53. The predicted octanol–water partition coefficient (Wildman–Crippen LogP) is 2.11. The van der Waals surface area contributed by atoms with E-state index >= 15 is 0 Å². The Morgan fingerprint density at radius 3 is 2.59 bits per heavy atom. The zero-order chi connectivity index (χ0) is 19.2. The Morgan fingerprint density at radius 1 is 1.07 bits per heavy atom. The van der Waals surface area contributed by atoms with Crippen molar-refractivity contribution < 1.29 is 14.4 Å². The van der Waals surface area contributed by atoms with E-state index in [0.717, 1.165) is 11.3 Å². The summed E-state index contributed by atoms with van der Waals surface area (Å²) < 4.78 is 0. The van der Waals surface area contributed by atoms with Gasteiger partial charge in [0, 0.05) is 37.3 Å². The molecule has 1 atom stereocenters. The highest BCUT2D eigenvalue weighted by Crippen LogP contribution is 2.24. The quantitative estimate of drug-likeness (QED) is 0.823. The first kappa shape index (κ1) is 18.6. The van der Waals surface area contributed by atoms with Gasteiger partial charge in [-0.1, -0.05) is 30.3 Å². The van der Waals surface area contributed by atoms with Crippen LogP contribution < -0.4 is 15.5 Å². The lowest BCUT2D eigenvalue weighted by atomic mass is 10.1. The Labute approximate surface area is 158 Å². The third-order valence-electron chi connectivity index (χ3n) is 4.56. The summed E-state index contributed by atoms with van der Waals surface area (Å²) in [5.74, 6) is -0.695. The van der Waals surface area contributed by atoms with E-state index in [4.69, 9.17) is 0 Å². The molecule has 3 amide bonds. The van der Waals surface area contributed by atoms with Gasteiger partial charge in [-0.2, -0.15) is 0 Å². The van der Waals surface area contributed by atoms with Crippen molar-refractivity contribution in [2.75, 3.05) is 18.0 Å². The fraction of sp³-hybridized carbons (Fsp3) is 0.286. The fourth-order valence-electron chi connectivity index (χ4n) is 3.16. The average Bonchev–Trinajstić information content (AvgIpc) is 3.09. The van der Waals surface area contributed by atoms with E-state index in [0.29, 0.717) is 25.2 Å². The second-order valence-corrected chi connectivity index (χ2v) is 6.52. The molecular weight excluding hydrogens is 342 g/mol. The number of nitrogens with zero attached hydrogens (tertiary/aromatic N) is 1. The van der Waals surface area contributed by atoms with Crippen molar-refractivity contribution in [3.05, 3.63) is 65.7 Å². The van der Waals surface area contributed by atoms with Crippen LogP contribution in [0.3, 0.4) is 0 Å². The molecule has 0 radical (unpaired) electrons. The van der Waals surface area contributed by atoms with Crippen molar-refractivity contribution in [2.45, 2.75) is 19.9 Å². The van der Waals surface area contributed by atoms with Crippen LogP contribution >= 0.6 is 0 Å². The minimum atomic E-state index is -0.371. The lowest BCUT2D eigenvalue weighted by molar-refractivity contribution is -0.126. The Bertz CT molecular complexity index is 836. The molecule has 1 saturated heterocycles. The van der Waals surface area contributed by atoms with Gasteiger partial charge in [-0.25, -0.2) is 0 Å². The lowest BCUT2D eigenvalue weighted by Gasteiger charge is -2.16. The molecular formula is C21H23N3O3. The number of nitrogens with one attached hydrogen (secondary N) is 2. The first-order valence-electron chi connectivity index (χ1n) is 9.08. The third-order valence-corrected chi connectivity index (χ3v) is 4.56. The molecule has 6 nitrogen and oxygen atoms in total. The van der Waals surface area contributed by atoms with Gasteiger partial charge in [0.25, 0.3) is 5.91 Å². The molecule has 1 aliphatic heterocycles. The van der Waals surface area contributed by atoms with Crippen LogP contribution in [0.2, 0.25) is 0 Å². The van der Waals surface area contributed by atoms with E-state index < -0.39 is 0 Å². The summed E-state index contributed by atoms with van der Waals surface area (Å²) in [4.78, 5) is 38.3. The SMILES string of the molecule is CCNC(=O)c1cccc(CNC(=O)C2CC(=O)N(c3ccccc3)C2)c1. The van der Waals surface area contributed by atoms with Gasteiger partial charge >= 0.3 is 0 Å². The van der Waals surface area contributed by atoms with E-state index in [2.05, 4.69) is 10.6 Å². The summed E-state index contributed by atoms with van der Waals surface area (Å²) in [5, 5.41) is 5.64. The monoisotopic (exact) mass is 365 g/mol. The number of carbonyl (C=O) groups is 3. The van der Waals surface area contributed by atoms with Crippen LogP contribution in [-0.2, 0) is 16.1 Å². The maximum absolute atomic E-state index is 12.5. The van der Waals surface area contributed by atoms with Crippen molar-refractivity contribution in [1.82, 2.24) is 10.6 Å². The van der Waals surface area contributed by atoms with Crippen LogP contribution in [0.5, 0.6) is 0 Å². The van der Waals surface area contributed by atoms with E-state index in [1.54, 1.807) is 23.1 Å². The van der Waals surface area contributed by atoms with Crippen LogP contribution in [0.15, 0.2) is 54.6 Å². The normalized spacial score (nSPS) is 16.3. The van der Waals surface area contributed by atoms with Crippen LogP contribution in [0.1, 0.15) is 29.3 Å². The highest BCUT2D eigenvalue weighted by molar-refractivity contribution is 6.00. The molecule has 1 aliphatic rings. The number of hydrogen-bond acceptors (Lipinski definition) is 3. The van der Waals surface area contributed by atoms with E-state index in [-0.39, 0.29) is 30.1 Å². The Balaban J connectivity index is 1.58. The maximum atomic E-state index is 12.5. The van der Waals surface area contributed by atoms with Crippen LogP contribution in [0.25, 0.3) is 0 Å². The molecule has 3 rings (SSSR count). The van der Waals surface area contributed by atoms with Crippen molar-refractivity contribution >= 4 is 23.4 Å². The van der Waals surface area contributed by atoms with Gasteiger partial charge in [-0.05, 0) is 36.8 Å². The number of rotatable bonds is 6. The molecule has 27 heavy (non-hydrogen) atoms. The second kappa shape index (κ2) is 8.49. The number of carbonyl (C=O) groups excluding carboxylic acids is 3. The molecule has 0 aromatic heterocycles. The molecule has 1 fully saturated rings. The number of hydrogen-bond donors (Lipinski definition) is 2. The number of anilines is 1.